The molecule has 0 bridgehead atoms. The second-order valence-corrected chi connectivity index (χ2v) is 4.09. The molecule has 0 spiro atoms. The lowest BCUT2D eigenvalue weighted by Crippen LogP contribution is -2.03. The number of nitrogens with one attached hydrogen (secondary N) is 1. The van der Waals surface area contributed by atoms with Crippen LogP contribution >= 0.6 is 12.4 Å². The van der Waals surface area contributed by atoms with Crippen molar-refractivity contribution in [3.63, 3.8) is 0 Å². The Balaban J connectivity index is 0.00000162. The van der Waals surface area contributed by atoms with Crippen molar-refractivity contribution in [2.24, 2.45) is 0 Å². The van der Waals surface area contributed by atoms with E-state index in [0.717, 1.165) is 29.2 Å². The van der Waals surface area contributed by atoms with E-state index < -0.39 is 6.10 Å². The van der Waals surface area contributed by atoms with Crippen molar-refractivity contribution in [3.8, 4) is 11.3 Å². The molecule has 0 radical (unpaired) electrons. The predicted molar refractivity (Wildman–Crippen MR) is 74.8 cm³/mol. The Kier molecular flexibility index (Phi) is 5.41. The number of benzene rings is 1. The minimum absolute atomic E-state index is 0. The molecule has 2 N–H and O–H groups in total. The number of hydrogen-bond acceptors (Lipinski definition) is 3. The molecule has 0 saturated heterocycles. The third-order valence-electron chi connectivity index (χ3n) is 2.69. The first-order valence-corrected chi connectivity index (χ1v) is 5.72. The third kappa shape index (κ3) is 3.35. The van der Waals surface area contributed by atoms with Gasteiger partial charge in [0.05, 0.1) is 12.6 Å². The summed E-state index contributed by atoms with van der Waals surface area (Å²) in [5.41, 5.74) is 1.94. The molecule has 3 nitrogen and oxygen atoms in total. The molecule has 1 heterocycles. The molecular weight excluding hydrogens is 250 g/mol. The Hall–Kier alpha value is -1.29. The van der Waals surface area contributed by atoms with E-state index in [-0.39, 0.29) is 12.4 Å². The second kappa shape index (κ2) is 6.59. The Morgan fingerprint density at radius 3 is 2.39 bits per heavy atom. The van der Waals surface area contributed by atoms with Gasteiger partial charge in [-0.3, -0.25) is 0 Å². The van der Waals surface area contributed by atoms with Crippen LogP contribution in [0.1, 0.15) is 24.4 Å². The van der Waals surface area contributed by atoms with Crippen molar-refractivity contribution in [2.45, 2.75) is 19.6 Å². The molecule has 2 rings (SSSR count). The summed E-state index contributed by atoms with van der Waals surface area (Å²) in [4.78, 5) is 0. The van der Waals surface area contributed by atoms with E-state index in [1.54, 1.807) is 6.92 Å². The lowest BCUT2D eigenvalue weighted by atomic mass is 10.1. The molecule has 0 aliphatic carbocycles. The van der Waals surface area contributed by atoms with Gasteiger partial charge < -0.3 is 14.8 Å². The van der Waals surface area contributed by atoms with Gasteiger partial charge in [-0.2, -0.15) is 0 Å². The summed E-state index contributed by atoms with van der Waals surface area (Å²) < 4.78 is 5.69. The van der Waals surface area contributed by atoms with E-state index in [2.05, 4.69) is 5.32 Å². The highest BCUT2D eigenvalue weighted by atomic mass is 35.5. The van der Waals surface area contributed by atoms with Crippen LogP contribution < -0.4 is 5.32 Å². The Morgan fingerprint density at radius 2 is 1.83 bits per heavy atom. The van der Waals surface area contributed by atoms with Crippen molar-refractivity contribution in [1.29, 1.82) is 0 Å². The molecule has 1 aromatic heterocycles. The highest BCUT2D eigenvalue weighted by Gasteiger charge is 2.05. The Bertz CT molecular complexity index is 477. The van der Waals surface area contributed by atoms with Crippen molar-refractivity contribution in [2.75, 3.05) is 7.05 Å². The van der Waals surface area contributed by atoms with Crippen LogP contribution in [0.15, 0.2) is 40.8 Å². The average Bonchev–Trinajstić information content (AvgIpc) is 2.78. The monoisotopic (exact) mass is 267 g/mol. The predicted octanol–water partition coefficient (Wildman–Crippen LogP) is 3.14. The van der Waals surface area contributed by atoms with Gasteiger partial charge in [-0.1, -0.05) is 24.3 Å². The number of rotatable bonds is 4. The molecule has 2 aromatic rings. The zero-order valence-electron chi connectivity index (χ0n) is 10.5. The first-order chi connectivity index (χ1) is 8.20. The van der Waals surface area contributed by atoms with Crippen LogP contribution in [0.25, 0.3) is 11.3 Å². The maximum atomic E-state index is 9.43. The first kappa shape index (κ1) is 14.8. The normalized spacial score (nSPS) is 11.9. The number of aliphatic hydroxyl groups is 1. The van der Waals surface area contributed by atoms with Gasteiger partial charge in [-0.05, 0) is 31.7 Å². The highest BCUT2D eigenvalue weighted by Crippen LogP contribution is 2.24. The zero-order chi connectivity index (χ0) is 12.3. The van der Waals surface area contributed by atoms with Crippen LogP contribution in [0, 0.1) is 0 Å². The van der Waals surface area contributed by atoms with Crippen LogP contribution in [-0.4, -0.2) is 12.2 Å². The fourth-order valence-corrected chi connectivity index (χ4v) is 1.73. The Morgan fingerprint density at radius 1 is 1.17 bits per heavy atom. The van der Waals surface area contributed by atoms with Crippen molar-refractivity contribution in [1.82, 2.24) is 5.32 Å². The van der Waals surface area contributed by atoms with E-state index in [9.17, 15) is 5.11 Å². The van der Waals surface area contributed by atoms with Gasteiger partial charge in [0.15, 0.2) is 0 Å². The summed E-state index contributed by atoms with van der Waals surface area (Å²) in [5.74, 6) is 1.77. The molecule has 4 heteroatoms. The van der Waals surface area contributed by atoms with Gasteiger partial charge in [0.1, 0.15) is 11.5 Å². The maximum Gasteiger partial charge on any atom is 0.134 e. The average molecular weight is 268 g/mol. The Labute approximate surface area is 113 Å². The van der Waals surface area contributed by atoms with Gasteiger partial charge in [0, 0.05) is 5.56 Å². The summed E-state index contributed by atoms with van der Waals surface area (Å²) in [7, 11) is 1.89. The molecule has 18 heavy (non-hydrogen) atoms. The fourth-order valence-electron chi connectivity index (χ4n) is 1.73. The molecule has 0 saturated carbocycles. The molecule has 0 amide bonds. The van der Waals surface area contributed by atoms with Gasteiger partial charge in [-0.25, -0.2) is 0 Å². The lowest BCUT2D eigenvalue weighted by Gasteiger charge is -2.04. The van der Waals surface area contributed by atoms with Crippen LogP contribution in [0.3, 0.4) is 0 Å². The first-order valence-electron chi connectivity index (χ1n) is 5.72. The molecule has 0 aliphatic rings. The van der Waals surface area contributed by atoms with Crippen LogP contribution in [0.2, 0.25) is 0 Å². The number of aliphatic hydroxyl groups excluding tert-OH is 1. The third-order valence-corrected chi connectivity index (χ3v) is 2.69. The van der Waals surface area contributed by atoms with Gasteiger partial charge in [0.2, 0.25) is 0 Å². The van der Waals surface area contributed by atoms with Gasteiger partial charge >= 0.3 is 0 Å². The van der Waals surface area contributed by atoms with E-state index in [0.29, 0.717) is 0 Å². The summed E-state index contributed by atoms with van der Waals surface area (Å²) >= 11 is 0. The van der Waals surface area contributed by atoms with Gasteiger partial charge in [0.25, 0.3) is 0 Å². The quantitative estimate of drug-likeness (QED) is 0.895. The molecule has 1 aromatic carbocycles. The SMILES string of the molecule is CNCc1ccc(-c2ccc(C(C)O)cc2)o1.Cl. The molecule has 1 unspecified atom stereocenters. The molecule has 98 valence electrons. The van der Waals surface area contributed by atoms with E-state index in [4.69, 9.17) is 4.42 Å². The molecule has 1 atom stereocenters. The minimum atomic E-state index is -0.430. The summed E-state index contributed by atoms with van der Waals surface area (Å²) in [5, 5.41) is 12.5. The minimum Gasteiger partial charge on any atom is -0.460 e. The van der Waals surface area contributed by atoms with Crippen molar-refractivity contribution >= 4 is 12.4 Å². The van der Waals surface area contributed by atoms with E-state index in [1.165, 1.54) is 0 Å². The van der Waals surface area contributed by atoms with E-state index >= 15 is 0 Å². The maximum absolute atomic E-state index is 9.43. The lowest BCUT2D eigenvalue weighted by molar-refractivity contribution is 0.199. The van der Waals surface area contributed by atoms with Gasteiger partial charge in [-0.15, -0.1) is 12.4 Å². The smallest absolute Gasteiger partial charge is 0.134 e. The van der Waals surface area contributed by atoms with Crippen molar-refractivity contribution < 1.29 is 9.52 Å². The van der Waals surface area contributed by atoms with Crippen LogP contribution in [0.5, 0.6) is 0 Å². The second-order valence-electron chi connectivity index (χ2n) is 4.09. The summed E-state index contributed by atoms with van der Waals surface area (Å²) in [6.07, 6.45) is -0.430. The van der Waals surface area contributed by atoms with Crippen molar-refractivity contribution in [3.05, 3.63) is 47.7 Å². The molecule has 0 fully saturated rings. The topological polar surface area (TPSA) is 45.4 Å². The number of halogens is 1. The standard InChI is InChI=1S/C14H17NO2.ClH/c1-10(16)11-3-5-12(6-4-11)14-8-7-13(17-14)9-15-2;/h3-8,10,15-16H,9H2,1-2H3;1H. The molecule has 0 aliphatic heterocycles. The van der Waals surface area contributed by atoms with Crippen LogP contribution in [-0.2, 0) is 6.54 Å². The molecular formula is C14H18ClNO2. The van der Waals surface area contributed by atoms with E-state index in [1.807, 2.05) is 43.4 Å². The largest absolute Gasteiger partial charge is 0.460 e. The van der Waals surface area contributed by atoms with Crippen LogP contribution in [0.4, 0.5) is 0 Å². The summed E-state index contributed by atoms with van der Waals surface area (Å²) in [6.45, 7) is 2.48. The zero-order valence-corrected chi connectivity index (χ0v) is 11.3. The number of hydrogen-bond donors (Lipinski definition) is 2. The fraction of sp³-hybridized carbons (Fsp3) is 0.286. The summed E-state index contributed by atoms with van der Waals surface area (Å²) in [6, 6.07) is 11.7. The number of furan rings is 1. The highest BCUT2D eigenvalue weighted by molar-refractivity contribution is 5.85.